The third-order valence-corrected chi connectivity index (χ3v) is 3.49. The molecule has 23 heavy (non-hydrogen) atoms. The Morgan fingerprint density at radius 2 is 2.13 bits per heavy atom. The number of nitrogens with one attached hydrogen (secondary N) is 2. The average Bonchev–Trinajstić information content (AvgIpc) is 2.97. The smallest absolute Gasteiger partial charge is 0.274 e. The molecule has 0 atom stereocenters. The van der Waals surface area contributed by atoms with Crippen molar-refractivity contribution in [2.24, 2.45) is 0 Å². The highest BCUT2D eigenvalue weighted by atomic mass is 16.5. The lowest BCUT2D eigenvalue weighted by atomic mass is 10.2. The van der Waals surface area contributed by atoms with Crippen LogP contribution < -0.4 is 15.6 Å². The number of aromatic nitrogens is 4. The van der Waals surface area contributed by atoms with E-state index in [1.165, 1.54) is 4.52 Å². The van der Waals surface area contributed by atoms with E-state index in [0.717, 1.165) is 30.0 Å². The predicted molar refractivity (Wildman–Crippen MR) is 87.9 cm³/mol. The maximum absolute atomic E-state index is 12.1. The number of aromatic amines is 1. The second-order valence-corrected chi connectivity index (χ2v) is 5.20. The molecule has 2 aromatic heterocycles. The van der Waals surface area contributed by atoms with Gasteiger partial charge in [-0.15, -0.1) is 0 Å². The fraction of sp³-hybridized carbons (Fsp3) is 0.312. The number of aryl methyl sites for hydroxylation is 1. The van der Waals surface area contributed by atoms with Gasteiger partial charge in [-0.1, -0.05) is 25.5 Å². The summed E-state index contributed by atoms with van der Waals surface area (Å²) in [5.41, 5.74) is 1.49. The van der Waals surface area contributed by atoms with Gasteiger partial charge in [-0.3, -0.25) is 9.89 Å². The topological polar surface area (TPSA) is 84.3 Å². The molecule has 0 bridgehead atoms. The van der Waals surface area contributed by atoms with Crippen LogP contribution >= 0.6 is 0 Å². The fourth-order valence-electron chi connectivity index (χ4n) is 2.40. The van der Waals surface area contributed by atoms with Crippen LogP contribution in [0.5, 0.6) is 5.75 Å². The zero-order valence-corrected chi connectivity index (χ0v) is 13.2. The summed E-state index contributed by atoms with van der Waals surface area (Å²) in [7, 11) is 1.63. The summed E-state index contributed by atoms with van der Waals surface area (Å²) in [6.45, 7) is 2.49. The summed E-state index contributed by atoms with van der Waals surface area (Å²) in [5.74, 6) is 1.79. The van der Waals surface area contributed by atoms with Crippen molar-refractivity contribution in [1.82, 2.24) is 19.6 Å². The van der Waals surface area contributed by atoms with E-state index in [-0.39, 0.29) is 5.56 Å². The van der Waals surface area contributed by atoms with Crippen molar-refractivity contribution >= 4 is 11.5 Å². The third-order valence-electron chi connectivity index (χ3n) is 3.49. The first-order valence-electron chi connectivity index (χ1n) is 7.55. The average molecular weight is 313 g/mol. The van der Waals surface area contributed by atoms with Gasteiger partial charge in [-0.2, -0.15) is 9.50 Å². The molecule has 0 amide bonds. The van der Waals surface area contributed by atoms with Crippen LogP contribution in [0.25, 0.3) is 5.78 Å². The van der Waals surface area contributed by atoms with Gasteiger partial charge in [-0.05, 0) is 18.6 Å². The second-order valence-electron chi connectivity index (χ2n) is 5.20. The molecule has 1 aromatic carbocycles. The zero-order valence-electron chi connectivity index (χ0n) is 13.2. The van der Waals surface area contributed by atoms with E-state index in [2.05, 4.69) is 27.3 Å². The monoisotopic (exact) mass is 313 g/mol. The van der Waals surface area contributed by atoms with Crippen molar-refractivity contribution in [1.29, 1.82) is 0 Å². The number of methoxy groups -OCH3 is 1. The minimum absolute atomic E-state index is 0.144. The van der Waals surface area contributed by atoms with E-state index in [4.69, 9.17) is 4.74 Å². The molecule has 0 fully saturated rings. The van der Waals surface area contributed by atoms with Gasteiger partial charge < -0.3 is 10.1 Å². The fourth-order valence-corrected chi connectivity index (χ4v) is 2.40. The van der Waals surface area contributed by atoms with Crippen molar-refractivity contribution in [2.75, 3.05) is 12.4 Å². The highest BCUT2D eigenvalue weighted by Crippen LogP contribution is 2.23. The number of H-pyrrole nitrogens is 1. The number of nitrogens with zero attached hydrogens (tertiary/aromatic N) is 3. The number of anilines is 1. The Labute approximate surface area is 133 Å². The quantitative estimate of drug-likeness (QED) is 0.727. The second kappa shape index (κ2) is 6.51. The number of fused-ring (bicyclic) bond motifs is 1. The molecule has 0 aliphatic carbocycles. The van der Waals surface area contributed by atoms with E-state index in [0.29, 0.717) is 18.1 Å². The minimum Gasteiger partial charge on any atom is -0.495 e. The van der Waals surface area contributed by atoms with Crippen molar-refractivity contribution in [2.45, 2.75) is 26.3 Å². The highest BCUT2D eigenvalue weighted by molar-refractivity contribution is 5.56. The maximum Gasteiger partial charge on any atom is 0.274 e. The lowest BCUT2D eigenvalue weighted by Gasteiger charge is -2.09. The molecule has 3 rings (SSSR count). The summed E-state index contributed by atoms with van der Waals surface area (Å²) in [5, 5.41) is 6.21. The van der Waals surface area contributed by atoms with Crippen LogP contribution in [0.3, 0.4) is 0 Å². The number of para-hydroxylation sites is 2. The molecule has 0 saturated heterocycles. The Balaban J connectivity index is 1.83. The zero-order chi connectivity index (χ0) is 16.2. The van der Waals surface area contributed by atoms with Crippen LogP contribution in [-0.4, -0.2) is 26.7 Å². The van der Waals surface area contributed by atoms with E-state index >= 15 is 0 Å². The van der Waals surface area contributed by atoms with Gasteiger partial charge in [0, 0.05) is 6.07 Å². The molecular formula is C16H19N5O2. The van der Waals surface area contributed by atoms with E-state index in [1.807, 2.05) is 24.3 Å². The molecule has 0 radical (unpaired) electrons. The van der Waals surface area contributed by atoms with E-state index in [1.54, 1.807) is 13.2 Å². The van der Waals surface area contributed by atoms with Crippen LogP contribution in [0.4, 0.5) is 5.69 Å². The Bertz CT molecular complexity index is 868. The first-order valence-corrected chi connectivity index (χ1v) is 7.55. The lowest BCUT2D eigenvalue weighted by molar-refractivity contribution is 0.416. The SMILES string of the molecule is CCCc1cc(=O)n2[nH]c(CNc3ccccc3OC)nc2n1. The summed E-state index contributed by atoms with van der Waals surface area (Å²) < 4.78 is 6.65. The lowest BCUT2D eigenvalue weighted by Crippen LogP contribution is -2.16. The molecule has 7 heteroatoms. The highest BCUT2D eigenvalue weighted by Gasteiger charge is 2.08. The number of benzene rings is 1. The van der Waals surface area contributed by atoms with Crippen molar-refractivity contribution in [3.8, 4) is 5.75 Å². The van der Waals surface area contributed by atoms with Crippen molar-refractivity contribution < 1.29 is 4.74 Å². The number of hydrogen-bond acceptors (Lipinski definition) is 5. The summed E-state index contributed by atoms with van der Waals surface area (Å²) in [6.07, 6.45) is 1.71. The molecular weight excluding hydrogens is 294 g/mol. The van der Waals surface area contributed by atoms with Gasteiger partial charge in [0.2, 0.25) is 0 Å². The Kier molecular flexibility index (Phi) is 4.27. The molecule has 0 aliphatic rings. The molecule has 0 aliphatic heterocycles. The Morgan fingerprint density at radius 1 is 1.30 bits per heavy atom. The molecule has 0 spiro atoms. The van der Waals surface area contributed by atoms with E-state index < -0.39 is 0 Å². The van der Waals surface area contributed by atoms with Crippen LogP contribution in [0.15, 0.2) is 35.1 Å². The standard InChI is InChI=1S/C16H19N5O2/c1-3-6-11-9-15(22)21-16(18-11)19-14(20-21)10-17-12-7-4-5-8-13(12)23-2/h4-5,7-9,17H,3,6,10H2,1-2H3,(H,18,19,20). The van der Waals surface area contributed by atoms with Crippen LogP contribution in [-0.2, 0) is 13.0 Å². The summed E-state index contributed by atoms with van der Waals surface area (Å²) in [6, 6.07) is 9.18. The van der Waals surface area contributed by atoms with E-state index in [9.17, 15) is 4.79 Å². The molecule has 120 valence electrons. The molecule has 3 aromatic rings. The minimum atomic E-state index is -0.144. The van der Waals surface area contributed by atoms with Gasteiger partial charge in [0.05, 0.1) is 25.0 Å². The number of ether oxygens (including phenoxy) is 1. The van der Waals surface area contributed by atoms with Gasteiger partial charge in [0.25, 0.3) is 11.3 Å². The molecule has 2 N–H and O–H groups in total. The molecule has 0 saturated carbocycles. The number of rotatable bonds is 6. The first kappa shape index (κ1) is 15.1. The van der Waals surface area contributed by atoms with Gasteiger partial charge in [0.15, 0.2) is 0 Å². The summed E-state index contributed by atoms with van der Waals surface area (Å²) in [4.78, 5) is 20.9. The van der Waals surface area contributed by atoms with Gasteiger partial charge >= 0.3 is 0 Å². The van der Waals surface area contributed by atoms with Gasteiger partial charge in [-0.25, -0.2) is 4.98 Å². The van der Waals surface area contributed by atoms with Crippen LogP contribution in [0.2, 0.25) is 0 Å². The molecule has 7 nitrogen and oxygen atoms in total. The summed E-state index contributed by atoms with van der Waals surface area (Å²) >= 11 is 0. The van der Waals surface area contributed by atoms with Crippen molar-refractivity contribution in [3.63, 3.8) is 0 Å². The Hall–Kier alpha value is -2.83. The molecule has 0 unspecified atom stereocenters. The normalized spacial score (nSPS) is 10.9. The number of hydrogen-bond donors (Lipinski definition) is 2. The van der Waals surface area contributed by atoms with Crippen molar-refractivity contribution in [3.05, 3.63) is 52.2 Å². The van der Waals surface area contributed by atoms with Crippen LogP contribution in [0.1, 0.15) is 24.9 Å². The van der Waals surface area contributed by atoms with Gasteiger partial charge in [0.1, 0.15) is 11.6 Å². The third kappa shape index (κ3) is 3.18. The maximum atomic E-state index is 12.1. The predicted octanol–water partition coefficient (Wildman–Crippen LogP) is 1.99. The van der Waals surface area contributed by atoms with Crippen LogP contribution in [0, 0.1) is 0 Å². The molecule has 2 heterocycles. The first-order chi connectivity index (χ1) is 11.2. The largest absolute Gasteiger partial charge is 0.495 e. The Morgan fingerprint density at radius 3 is 2.91 bits per heavy atom.